The number of anilines is 1. The van der Waals surface area contributed by atoms with E-state index in [4.69, 9.17) is 14.2 Å². The van der Waals surface area contributed by atoms with Gasteiger partial charge in [0.1, 0.15) is 12.3 Å². The third kappa shape index (κ3) is 4.80. The Labute approximate surface area is 206 Å². The molecule has 3 aliphatic rings. The number of fused-ring (bicyclic) bond motifs is 2. The lowest BCUT2D eigenvalue weighted by atomic mass is 9.82. The van der Waals surface area contributed by atoms with Crippen molar-refractivity contribution in [3.63, 3.8) is 0 Å². The van der Waals surface area contributed by atoms with Gasteiger partial charge >= 0.3 is 0 Å². The average molecular weight is 480 g/mol. The Balaban J connectivity index is 1.21. The molecule has 186 valence electrons. The summed E-state index contributed by atoms with van der Waals surface area (Å²) in [5.41, 5.74) is 2.96. The van der Waals surface area contributed by atoms with Gasteiger partial charge in [-0.1, -0.05) is 32.9 Å². The number of benzene rings is 2. The highest BCUT2D eigenvalue weighted by Crippen LogP contribution is 2.37. The maximum atomic E-state index is 13.2. The fraction of sp³-hybridized carbons (Fsp3) is 0.481. The summed E-state index contributed by atoms with van der Waals surface area (Å²) in [6, 6.07) is 12.0. The molecule has 0 radical (unpaired) electrons. The van der Waals surface area contributed by atoms with Crippen LogP contribution in [0.4, 0.5) is 5.69 Å². The molecule has 0 saturated carbocycles. The summed E-state index contributed by atoms with van der Waals surface area (Å²) >= 11 is 0. The lowest BCUT2D eigenvalue weighted by Crippen LogP contribution is -2.52. The van der Waals surface area contributed by atoms with Gasteiger partial charge in [-0.3, -0.25) is 19.4 Å². The number of ether oxygens (including phenoxy) is 3. The molecule has 0 aromatic heterocycles. The van der Waals surface area contributed by atoms with E-state index >= 15 is 0 Å². The first kappa shape index (κ1) is 23.5. The predicted molar refractivity (Wildman–Crippen MR) is 132 cm³/mol. The van der Waals surface area contributed by atoms with Crippen molar-refractivity contribution < 1.29 is 23.8 Å². The van der Waals surface area contributed by atoms with Crippen molar-refractivity contribution in [2.75, 3.05) is 51.0 Å². The summed E-state index contributed by atoms with van der Waals surface area (Å²) in [6.45, 7) is 10.4. The van der Waals surface area contributed by atoms with Gasteiger partial charge in [-0.2, -0.15) is 0 Å². The molecule has 0 spiro atoms. The molecule has 0 aliphatic carbocycles. The van der Waals surface area contributed by atoms with Gasteiger partial charge in [-0.25, -0.2) is 0 Å². The minimum absolute atomic E-state index is 0.0283. The van der Waals surface area contributed by atoms with Gasteiger partial charge in [0.15, 0.2) is 18.1 Å². The van der Waals surface area contributed by atoms with Gasteiger partial charge in [0, 0.05) is 32.7 Å². The van der Waals surface area contributed by atoms with Gasteiger partial charge in [0.25, 0.3) is 5.91 Å². The predicted octanol–water partition coefficient (Wildman–Crippen LogP) is 3.17. The second-order valence-electron chi connectivity index (χ2n) is 10.0. The Hall–Kier alpha value is -3.26. The first-order valence-corrected chi connectivity index (χ1v) is 12.3. The van der Waals surface area contributed by atoms with Crippen molar-refractivity contribution in [2.24, 2.45) is 0 Å². The monoisotopic (exact) mass is 479 g/mol. The number of carbonyl (C=O) groups is 2. The maximum absolute atomic E-state index is 13.2. The van der Waals surface area contributed by atoms with E-state index in [-0.39, 0.29) is 37.2 Å². The molecule has 35 heavy (non-hydrogen) atoms. The van der Waals surface area contributed by atoms with Gasteiger partial charge in [0.2, 0.25) is 12.7 Å². The van der Waals surface area contributed by atoms with Crippen LogP contribution in [0.1, 0.15) is 38.3 Å². The van der Waals surface area contributed by atoms with E-state index in [1.54, 1.807) is 4.90 Å². The second-order valence-corrected chi connectivity index (χ2v) is 10.0. The zero-order valence-corrected chi connectivity index (χ0v) is 20.7. The quantitative estimate of drug-likeness (QED) is 0.634. The van der Waals surface area contributed by atoms with Crippen molar-refractivity contribution >= 4 is 17.5 Å². The summed E-state index contributed by atoms with van der Waals surface area (Å²) < 4.78 is 16.5. The van der Waals surface area contributed by atoms with E-state index in [0.29, 0.717) is 24.5 Å². The van der Waals surface area contributed by atoms with Crippen LogP contribution in [0.5, 0.6) is 17.2 Å². The molecular formula is C27H33N3O5. The molecule has 2 amide bonds. The molecule has 0 unspecified atom stereocenters. The molecule has 8 nitrogen and oxygen atoms in total. The smallest absolute Gasteiger partial charge is 0.265 e. The zero-order chi connectivity index (χ0) is 24.6. The minimum atomic E-state index is -0.182. The zero-order valence-electron chi connectivity index (χ0n) is 20.7. The highest BCUT2D eigenvalue weighted by Gasteiger charge is 2.31. The third-order valence-corrected chi connectivity index (χ3v) is 7.43. The SMILES string of the molecule is CCC(C)(C)c1ccc2c(c1)N(CC(=O)N1CCN(Cc3ccc4c(c3)OCO4)CC1)C(=O)CO2. The standard InChI is InChI=1S/C27H33N3O5/c1-4-27(2,3)20-6-8-22-21(14-20)30(26(32)17-33-22)16-25(31)29-11-9-28(10-12-29)15-19-5-7-23-24(13-19)35-18-34-23/h5-8,13-14H,4,9-12,15-18H2,1-3H3. The summed E-state index contributed by atoms with van der Waals surface area (Å²) in [4.78, 5) is 31.7. The van der Waals surface area contributed by atoms with E-state index in [0.717, 1.165) is 48.7 Å². The Kier molecular flexibility index (Phi) is 6.32. The van der Waals surface area contributed by atoms with Gasteiger partial charge in [0.05, 0.1) is 5.69 Å². The molecule has 1 saturated heterocycles. The molecule has 5 rings (SSSR count). The molecule has 3 aliphatic heterocycles. The number of rotatable bonds is 6. The van der Waals surface area contributed by atoms with Crippen LogP contribution in [0.3, 0.4) is 0 Å². The molecule has 1 fully saturated rings. The Bertz CT molecular complexity index is 1120. The lowest BCUT2D eigenvalue weighted by Gasteiger charge is -2.37. The number of nitrogens with zero attached hydrogens (tertiary/aromatic N) is 3. The fourth-order valence-electron chi connectivity index (χ4n) is 4.69. The third-order valence-electron chi connectivity index (χ3n) is 7.43. The van der Waals surface area contributed by atoms with E-state index < -0.39 is 0 Å². The van der Waals surface area contributed by atoms with E-state index in [9.17, 15) is 9.59 Å². The summed E-state index contributed by atoms with van der Waals surface area (Å²) in [5.74, 6) is 2.01. The van der Waals surface area contributed by atoms with Gasteiger partial charge in [-0.15, -0.1) is 0 Å². The first-order chi connectivity index (χ1) is 16.8. The topological polar surface area (TPSA) is 71.6 Å². The Morgan fingerprint density at radius 1 is 0.943 bits per heavy atom. The molecule has 3 heterocycles. The fourth-order valence-corrected chi connectivity index (χ4v) is 4.69. The van der Waals surface area contributed by atoms with Crippen molar-refractivity contribution in [3.05, 3.63) is 47.5 Å². The summed E-state index contributed by atoms with van der Waals surface area (Å²) in [7, 11) is 0. The van der Waals surface area contributed by atoms with E-state index in [1.165, 1.54) is 0 Å². The maximum Gasteiger partial charge on any atom is 0.265 e. The average Bonchev–Trinajstić information content (AvgIpc) is 3.34. The highest BCUT2D eigenvalue weighted by molar-refractivity contribution is 6.02. The van der Waals surface area contributed by atoms with Crippen molar-refractivity contribution in [1.82, 2.24) is 9.80 Å². The van der Waals surface area contributed by atoms with Crippen LogP contribution in [-0.4, -0.2) is 67.7 Å². The number of hydrogen-bond donors (Lipinski definition) is 0. The van der Waals surface area contributed by atoms with Gasteiger partial charge in [-0.05, 0) is 47.2 Å². The number of carbonyl (C=O) groups excluding carboxylic acids is 2. The largest absolute Gasteiger partial charge is 0.482 e. The summed E-state index contributed by atoms with van der Waals surface area (Å²) in [5, 5.41) is 0. The lowest BCUT2D eigenvalue weighted by molar-refractivity contribution is -0.133. The number of amides is 2. The molecular weight excluding hydrogens is 446 g/mol. The van der Waals surface area contributed by atoms with Crippen LogP contribution in [0.15, 0.2) is 36.4 Å². The Morgan fingerprint density at radius 2 is 1.69 bits per heavy atom. The van der Waals surface area contributed by atoms with Crippen LogP contribution >= 0.6 is 0 Å². The van der Waals surface area contributed by atoms with Crippen LogP contribution in [0.25, 0.3) is 0 Å². The van der Waals surface area contributed by atoms with Crippen molar-refractivity contribution in [3.8, 4) is 17.2 Å². The molecule has 0 N–H and O–H groups in total. The van der Waals surface area contributed by atoms with Crippen molar-refractivity contribution in [1.29, 1.82) is 0 Å². The molecule has 8 heteroatoms. The molecule has 2 aromatic carbocycles. The van der Waals surface area contributed by atoms with Crippen molar-refractivity contribution in [2.45, 2.75) is 39.2 Å². The molecule has 0 bridgehead atoms. The molecule has 0 atom stereocenters. The van der Waals surface area contributed by atoms with Crippen LogP contribution in [0.2, 0.25) is 0 Å². The minimum Gasteiger partial charge on any atom is -0.482 e. The number of piperazine rings is 1. The van der Waals surface area contributed by atoms with Crippen LogP contribution in [-0.2, 0) is 21.5 Å². The van der Waals surface area contributed by atoms with E-state index in [2.05, 4.69) is 37.8 Å². The highest BCUT2D eigenvalue weighted by atomic mass is 16.7. The molecule has 2 aromatic rings. The van der Waals surface area contributed by atoms with E-state index in [1.807, 2.05) is 29.2 Å². The second kappa shape index (κ2) is 9.41. The Morgan fingerprint density at radius 3 is 2.46 bits per heavy atom. The van der Waals surface area contributed by atoms with Gasteiger partial charge < -0.3 is 19.1 Å². The first-order valence-electron chi connectivity index (χ1n) is 12.3. The normalized spacial score (nSPS) is 17.9. The summed E-state index contributed by atoms with van der Waals surface area (Å²) in [6.07, 6.45) is 0.968. The number of hydrogen-bond acceptors (Lipinski definition) is 6. The van der Waals surface area contributed by atoms with Crippen LogP contribution < -0.4 is 19.1 Å². The van der Waals surface area contributed by atoms with Crippen LogP contribution in [0, 0.1) is 0 Å².